The Labute approximate surface area is 62.4 Å². The predicted molar refractivity (Wildman–Crippen MR) is 38.6 cm³/mol. The fourth-order valence-electron chi connectivity index (χ4n) is 1.36. The van der Waals surface area contributed by atoms with Crippen LogP contribution < -0.4 is 0 Å². The monoisotopic (exact) mass is 138 g/mol. The van der Waals surface area contributed by atoms with Gasteiger partial charge in [0.1, 0.15) is 6.29 Å². The van der Waals surface area contributed by atoms with Gasteiger partial charge in [-0.3, -0.25) is 0 Å². The van der Waals surface area contributed by atoms with Crippen molar-refractivity contribution in [3.8, 4) is 0 Å². The quantitative estimate of drug-likeness (QED) is 0.417. The summed E-state index contributed by atoms with van der Waals surface area (Å²) in [6, 6.07) is 0. The molecule has 0 spiro atoms. The van der Waals surface area contributed by atoms with Crippen molar-refractivity contribution < 1.29 is 9.45 Å². The minimum absolute atomic E-state index is 0.191. The second kappa shape index (κ2) is 3.76. The number of rotatable bonds is 2. The second-order valence-corrected chi connectivity index (χ2v) is 2.81. The van der Waals surface area contributed by atoms with Crippen molar-refractivity contribution in [3.05, 3.63) is 0 Å². The minimum Gasteiger partial charge on any atom is -0.445 e. The van der Waals surface area contributed by atoms with Crippen LogP contribution in [0, 0.1) is 5.92 Å². The molecule has 2 radical (unpaired) electrons. The molecule has 1 aliphatic carbocycles. The van der Waals surface area contributed by atoms with E-state index >= 15 is 0 Å². The van der Waals surface area contributed by atoms with Crippen LogP contribution in [0.25, 0.3) is 0 Å². The van der Waals surface area contributed by atoms with Crippen LogP contribution in [0.2, 0.25) is 0 Å². The SMILES string of the molecule is [B]OC1CCC(C=O)CC1. The van der Waals surface area contributed by atoms with Gasteiger partial charge in [0.15, 0.2) is 0 Å². The lowest BCUT2D eigenvalue weighted by Crippen LogP contribution is -2.21. The third kappa shape index (κ3) is 1.84. The van der Waals surface area contributed by atoms with E-state index in [2.05, 4.69) is 4.65 Å². The fourth-order valence-corrected chi connectivity index (χ4v) is 1.36. The highest BCUT2D eigenvalue weighted by molar-refractivity contribution is 5.98. The van der Waals surface area contributed by atoms with Gasteiger partial charge in [-0.1, -0.05) is 0 Å². The summed E-state index contributed by atoms with van der Waals surface area (Å²) in [5.41, 5.74) is 0. The fraction of sp³-hybridized carbons (Fsp3) is 0.857. The number of aldehydes is 1. The van der Waals surface area contributed by atoms with E-state index in [-0.39, 0.29) is 12.0 Å². The van der Waals surface area contributed by atoms with Gasteiger partial charge in [0.25, 0.3) is 8.05 Å². The summed E-state index contributed by atoms with van der Waals surface area (Å²) in [4.78, 5) is 10.3. The summed E-state index contributed by atoms with van der Waals surface area (Å²) in [6.45, 7) is 0. The Kier molecular flexibility index (Phi) is 2.94. The highest BCUT2D eigenvalue weighted by Gasteiger charge is 2.19. The second-order valence-electron chi connectivity index (χ2n) is 2.81. The first-order chi connectivity index (χ1) is 4.86. The van der Waals surface area contributed by atoms with Crippen LogP contribution in [0.1, 0.15) is 25.7 Å². The van der Waals surface area contributed by atoms with E-state index < -0.39 is 0 Å². The largest absolute Gasteiger partial charge is 0.445 e. The molecule has 0 heterocycles. The summed E-state index contributed by atoms with van der Waals surface area (Å²) in [7, 11) is 5.00. The molecular weight excluding hydrogens is 127 g/mol. The molecule has 0 amide bonds. The van der Waals surface area contributed by atoms with Crippen molar-refractivity contribution in [3.63, 3.8) is 0 Å². The summed E-state index contributed by atoms with van der Waals surface area (Å²) < 4.78 is 4.67. The van der Waals surface area contributed by atoms with Crippen molar-refractivity contribution in [2.24, 2.45) is 5.92 Å². The maximum absolute atomic E-state index is 10.3. The van der Waals surface area contributed by atoms with Gasteiger partial charge in [0.2, 0.25) is 0 Å². The minimum atomic E-state index is 0.191. The smallest absolute Gasteiger partial charge is 0.283 e. The average Bonchev–Trinajstić information content (AvgIpc) is 2.05. The lowest BCUT2D eigenvalue weighted by molar-refractivity contribution is -0.112. The Morgan fingerprint density at radius 3 is 2.30 bits per heavy atom. The maximum Gasteiger partial charge on any atom is 0.283 e. The molecule has 10 heavy (non-hydrogen) atoms. The molecule has 3 heteroatoms. The van der Waals surface area contributed by atoms with Crippen molar-refractivity contribution in [1.82, 2.24) is 0 Å². The van der Waals surface area contributed by atoms with E-state index in [9.17, 15) is 4.79 Å². The van der Waals surface area contributed by atoms with E-state index in [0.717, 1.165) is 32.0 Å². The van der Waals surface area contributed by atoms with Gasteiger partial charge in [0, 0.05) is 12.0 Å². The topological polar surface area (TPSA) is 26.3 Å². The van der Waals surface area contributed by atoms with Gasteiger partial charge in [-0.05, 0) is 25.7 Å². The lowest BCUT2D eigenvalue weighted by atomic mass is 9.88. The molecule has 0 atom stereocenters. The normalized spacial score (nSPS) is 33.6. The Bertz CT molecular complexity index is 108. The molecular formula is C7H11BO2. The highest BCUT2D eigenvalue weighted by Crippen LogP contribution is 2.23. The standard InChI is InChI=1S/C7H11BO2/c8-10-7-3-1-6(5-9)2-4-7/h5-7H,1-4H2. The lowest BCUT2D eigenvalue weighted by Gasteiger charge is -2.24. The summed E-state index contributed by atoms with van der Waals surface area (Å²) in [5, 5.41) is 0. The van der Waals surface area contributed by atoms with Crippen molar-refractivity contribution in [2.45, 2.75) is 31.8 Å². The van der Waals surface area contributed by atoms with E-state index in [1.54, 1.807) is 0 Å². The molecule has 0 unspecified atom stereocenters. The molecule has 0 bridgehead atoms. The molecule has 0 aromatic rings. The summed E-state index contributed by atoms with van der Waals surface area (Å²) in [6.07, 6.45) is 4.96. The van der Waals surface area contributed by atoms with Crippen LogP contribution in [0.5, 0.6) is 0 Å². The van der Waals surface area contributed by atoms with Crippen LogP contribution >= 0.6 is 0 Å². The Balaban J connectivity index is 2.23. The molecule has 2 nitrogen and oxygen atoms in total. The van der Waals surface area contributed by atoms with E-state index in [1.807, 2.05) is 0 Å². The average molecular weight is 138 g/mol. The van der Waals surface area contributed by atoms with Crippen LogP contribution in [0.15, 0.2) is 0 Å². The molecule has 54 valence electrons. The number of carbonyl (C=O) groups excluding carboxylic acids is 1. The highest BCUT2D eigenvalue weighted by atomic mass is 16.4. The summed E-state index contributed by atoms with van der Waals surface area (Å²) >= 11 is 0. The molecule has 0 aromatic carbocycles. The maximum atomic E-state index is 10.3. The molecule has 0 aromatic heterocycles. The third-order valence-corrected chi connectivity index (χ3v) is 2.10. The Morgan fingerprint density at radius 1 is 1.30 bits per heavy atom. The zero-order valence-corrected chi connectivity index (χ0v) is 5.95. The van der Waals surface area contributed by atoms with E-state index in [0.29, 0.717) is 0 Å². The first-order valence-corrected chi connectivity index (χ1v) is 3.67. The molecule has 1 saturated carbocycles. The molecule has 1 fully saturated rings. The van der Waals surface area contributed by atoms with Crippen LogP contribution in [-0.4, -0.2) is 20.4 Å². The van der Waals surface area contributed by atoms with Crippen molar-refractivity contribution in [1.29, 1.82) is 0 Å². The molecule has 1 rings (SSSR count). The summed E-state index contributed by atoms with van der Waals surface area (Å²) in [5.74, 6) is 0.256. The molecule has 0 aliphatic heterocycles. The van der Waals surface area contributed by atoms with Gasteiger partial charge in [-0.15, -0.1) is 0 Å². The molecule has 0 N–H and O–H groups in total. The zero-order chi connectivity index (χ0) is 7.40. The van der Waals surface area contributed by atoms with E-state index in [4.69, 9.17) is 8.05 Å². The van der Waals surface area contributed by atoms with Crippen LogP contribution in [0.4, 0.5) is 0 Å². The predicted octanol–water partition coefficient (Wildman–Crippen LogP) is 0.844. The Morgan fingerprint density at radius 2 is 1.90 bits per heavy atom. The number of carbonyl (C=O) groups is 1. The van der Waals surface area contributed by atoms with Crippen LogP contribution in [-0.2, 0) is 9.45 Å². The first kappa shape index (κ1) is 7.80. The van der Waals surface area contributed by atoms with Gasteiger partial charge >= 0.3 is 0 Å². The molecule has 1 aliphatic rings. The number of hydrogen-bond donors (Lipinski definition) is 0. The Hall–Kier alpha value is -0.305. The van der Waals surface area contributed by atoms with E-state index in [1.165, 1.54) is 0 Å². The zero-order valence-electron chi connectivity index (χ0n) is 5.95. The van der Waals surface area contributed by atoms with Gasteiger partial charge in [0.05, 0.1) is 0 Å². The molecule has 0 saturated heterocycles. The van der Waals surface area contributed by atoms with Crippen molar-refractivity contribution >= 4 is 14.3 Å². The third-order valence-electron chi connectivity index (χ3n) is 2.10. The number of hydrogen-bond acceptors (Lipinski definition) is 2. The van der Waals surface area contributed by atoms with Crippen LogP contribution in [0.3, 0.4) is 0 Å². The van der Waals surface area contributed by atoms with Gasteiger partial charge < -0.3 is 9.45 Å². The van der Waals surface area contributed by atoms with Crippen molar-refractivity contribution in [2.75, 3.05) is 0 Å². The van der Waals surface area contributed by atoms with Gasteiger partial charge in [-0.2, -0.15) is 0 Å². The first-order valence-electron chi connectivity index (χ1n) is 3.67. The van der Waals surface area contributed by atoms with Gasteiger partial charge in [-0.25, -0.2) is 0 Å².